The van der Waals surface area contributed by atoms with Crippen LogP contribution >= 0.6 is 11.8 Å². The van der Waals surface area contributed by atoms with E-state index in [0.29, 0.717) is 12.3 Å². The molecular weight excluding hydrogens is 372 g/mol. The molecule has 0 aliphatic heterocycles. The van der Waals surface area contributed by atoms with Crippen LogP contribution in [0.15, 0.2) is 30.3 Å². The highest BCUT2D eigenvalue weighted by Gasteiger charge is 2.23. The van der Waals surface area contributed by atoms with Crippen LogP contribution in [0.5, 0.6) is 0 Å². The monoisotopic (exact) mass is 398 g/mol. The SMILES string of the molecule is CC(C)(C)OC(=O)NC(CSCCNC(=O)OCc1ccccc1)C(=O)O. The molecule has 0 aliphatic carbocycles. The van der Waals surface area contributed by atoms with Gasteiger partial charge in [0.05, 0.1) is 0 Å². The number of nitrogens with one attached hydrogen (secondary N) is 2. The molecule has 8 nitrogen and oxygen atoms in total. The molecule has 150 valence electrons. The van der Waals surface area contributed by atoms with Gasteiger partial charge in [-0.1, -0.05) is 30.3 Å². The smallest absolute Gasteiger partial charge is 0.408 e. The molecule has 0 fully saturated rings. The number of amides is 2. The molecule has 2 amide bonds. The number of carbonyl (C=O) groups excluding carboxylic acids is 2. The number of hydrogen-bond donors (Lipinski definition) is 3. The molecule has 0 saturated heterocycles. The molecule has 0 aliphatic rings. The quantitative estimate of drug-likeness (QED) is 0.548. The predicted octanol–water partition coefficient (Wildman–Crippen LogP) is 2.62. The van der Waals surface area contributed by atoms with Gasteiger partial charge in [0.15, 0.2) is 0 Å². The minimum atomic E-state index is -1.15. The van der Waals surface area contributed by atoms with Gasteiger partial charge in [-0.25, -0.2) is 14.4 Å². The van der Waals surface area contributed by atoms with E-state index in [1.54, 1.807) is 20.8 Å². The van der Waals surface area contributed by atoms with E-state index >= 15 is 0 Å². The highest BCUT2D eigenvalue weighted by Crippen LogP contribution is 2.08. The first-order valence-electron chi connectivity index (χ1n) is 8.42. The van der Waals surface area contributed by atoms with Gasteiger partial charge in [-0.05, 0) is 26.3 Å². The van der Waals surface area contributed by atoms with Gasteiger partial charge in [0.25, 0.3) is 0 Å². The van der Waals surface area contributed by atoms with Crippen LogP contribution in [-0.4, -0.2) is 53.0 Å². The molecule has 1 aromatic rings. The lowest BCUT2D eigenvalue weighted by Crippen LogP contribution is -2.45. The summed E-state index contributed by atoms with van der Waals surface area (Å²) in [6.07, 6.45) is -1.32. The van der Waals surface area contributed by atoms with Crippen molar-refractivity contribution in [2.24, 2.45) is 0 Å². The van der Waals surface area contributed by atoms with Crippen molar-refractivity contribution in [2.45, 2.75) is 39.0 Å². The number of hydrogen-bond acceptors (Lipinski definition) is 6. The van der Waals surface area contributed by atoms with Crippen molar-refractivity contribution in [1.29, 1.82) is 0 Å². The summed E-state index contributed by atoms with van der Waals surface area (Å²) in [6, 6.07) is 8.23. The highest BCUT2D eigenvalue weighted by molar-refractivity contribution is 7.99. The van der Waals surface area contributed by atoms with Crippen molar-refractivity contribution < 1.29 is 29.0 Å². The molecule has 0 bridgehead atoms. The minimum Gasteiger partial charge on any atom is -0.480 e. The van der Waals surface area contributed by atoms with Crippen molar-refractivity contribution in [3.63, 3.8) is 0 Å². The van der Waals surface area contributed by atoms with Crippen LogP contribution in [0.4, 0.5) is 9.59 Å². The summed E-state index contributed by atoms with van der Waals surface area (Å²) in [6.45, 7) is 5.58. The second-order valence-corrected chi connectivity index (χ2v) is 7.75. The Bertz CT molecular complexity index is 618. The maximum absolute atomic E-state index is 11.7. The van der Waals surface area contributed by atoms with Crippen LogP contribution in [0, 0.1) is 0 Å². The Hall–Kier alpha value is -2.42. The molecule has 0 spiro atoms. The summed E-state index contributed by atoms with van der Waals surface area (Å²) in [4.78, 5) is 34.5. The van der Waals surface area contributed by atoms with E-state index in [9.17, 15) is 19.5 Å². The fourth-order valence-electron chi connectivity index (χ4n) is 1.83. The van der Waals surface area contributed by atoms with Crippen LogP contribution < -0.4 is 10.6 Å². The van der Waals surface area contributed by atoms with Gasteiger partial charge in [0, 0.05) is 18.1 Å². The molecule has 0 radical (unpaired) electrons. The van der Waals surface area contributed by atoms with E-state index in [1.807, 2.05) is 30.3 Å². The molecule has 3 N–H and O–H groups in total. The molecular formula is C18H26N2O6S. The zero-order valence-corrected chi connectivity index (χ0v) is 16.5. The van der Waals surface area contributed by atoms with E-state index in [1.165, 1.54) is 11.8 Å². The van der Waals surface area contributed by atoms with Crippen molar-refractivity contribution in [3.05, 3.63) is 35.9 Å². The number of ether oxygens (including phenoxy) is 2. The number of rotatable bonds is 9. The Morgan fingerprint density at radius 3 is 2.41 bits per heavy atom. The average molecular weight is 398 g/mol. The number of carboxylic acid groups (broad SMARTS) is 1. The van der Waals surface area contributed by atoms with Gasteiger partial charge in [-0.3, -0.25) is 0 Å². The molecule has 1 aromatic carbocycles. The minimum absolute atomic E-state index is 0.148. The summed E-state index contributed by atoms with van der Waals surface area (Å²) in [7, 11) is 0. The number of thioether (sulfide) groups is 1. The summed E-state index contributed by atoms with van der Waals surface area (Å²) in [5, 5.41) is 14.1. The second-order valence-electron chi connectivity index (χ2n) is 6.60. The Labute approximate surface area is 163 Å². The molecule has 0 heterocycles. The lowest BCUT2D eigenvalue weighted by atomic mass is 10.2. The molecule has 9 heteroatoms. The van der Waals surface area contributed by atoms with Crippen LogP contribution in [0.2, 0.25) is 0 Å². The van der Waals surface area contributed by atoms with Gasteiger partial charge < -0.3 is 25.2 Å². The summed E-state index contributed by atoms with van der Waals surface area (Å²) < 4.78 is 10.1. The van der Waals surface area contributed by atoms with E-state index in [4.69, 9.17) is 9.47 Å². The third-order valence-electron chi connectivity index (χ3n) is 3.00. The zero-order valence-electron chi connectivity index (χ0n) is 15.7. The van der Waals surface area contributed by atoms with E-state index in [0.717, 1.165) is 5.56 Å². The Morgan fingerprint density at radius 2 is 1.81 bits per heavy atom. The van der Waals surface area contributed by atoms with Crippen molar-refractivity contribution in [2.75, 3.05) is 18.1 Å². The first-order chi connectivity index (χ1) is 12.7. The summed E-state index contributed by atoms with van der Waals surface area (Å²) in [5.41, 5.74) is 0.184. The topological polar surface area (TPSA) is 114 Å². The van der Waals surface area contributed by atoms with Crippen LogP contribution in [0.1, 0.15) is 26.3 Å². The van der Waals surface area contributed by atoms with Crippen molar-refractivity contribution in [3.8, 4) is 0 Å². The van der Waals surface area contributed by atoms with Crippen molar-refractivity contribution >= 4 is 29.9 Å². The summed E-state index contributed by atoms with van der Waals surface area (Å²) >= 11 is 1.28. The first-order valence-corrected chi connectivity index (χ1v) is 9.57. The van der Waals surface area contributed by atoms with Crippen LogP contribution in [-0.2, 0) is 20.9 Å². The maximum atomic E-state index is 11.7. The third-order valence-corrected chi connectivity index (χ3v) is 4.06. The Morgan fingerprint density at radius 1 is 1.15 bits per heavy atom. The molecule has 27 heavy (non-hydrogen) atoms. The molecule has 1 atom stereocenters. The molecule has 0 aromatic heterocycles. The normalized spacial score (nSPS) is 12.0. The molecule has 1 rings (SSSR count). The average Bonchev–Trinajstić information content (AvgIpc) is 2.57. The largest absolute Gasteiger partial charge is 0.480 e. The zero-order chi connectivity index (χ0) is 20.3. The highest BCUT2D eigenvalue weighted by atomic mass is 32.2. The van der Waals surface area contributed by atoms with Gasteiger partial charge in [0.1, 0.15) is 18.2 Å². The second kappa shape index (κ2) is 11.3. The number of alkyl carbamates (subject to hydrolysis) is 2. The number of carbonyl (C=O) groups is 3. The summed E-state index contributed by atoms with van der Waals surface area (Å²) in [5.74, 6) is -0.529. The van der Waals surface area contributed by atoms with Crippen LogP contribution in [0.3, 0.4) is 0 Å². The number of aliphatic carboxylic acids is 1. The van der Waals surface area contributed by atoms with E-state index in [2.05, 4.69) is 10.6 Å². The molecule has 0 saturated carbocycles. The van der Waals surface area contributed by atoms with Gasteiger partial charge in [-0.15, -0.1) is 0 Å². The fraction of sp³-hybridized carbons (Fsp3) is 0.500. The lowest BCUT2D eigenvalue weighted by molar-refractivity contribution is -0.138. The lowest BCUT2D eigenvalue weighted by Gasteiger charge is -2.21. The van der Waals surface area contributed by atoms with E-state index in [-0.39, 0.29) is 12.4 Å². The van der Waals surface area contributed by atoms with Gasteiger partial charge in [-0.2, -0.15) is 11.8 Å². The number of benzene rings is 1. The van der Waals surface area contributed by atoms with E-state index < -0.39 is 29.8 Å². The maximum Gasteiger partial charge on any atom is 0.408 e. The van der Waals surface area contributed by atoms with Crippen molar-refractivity contribution in [1.82, 2.24) is 10.6 Å². The first kappa shape index (κ1) is 22.6. The fourth-order valence-corrected chi connectivity index (χ4v) is 2.70. The standard InChI is InChI=1S/C18H26N2O6S/c1-18(2,3)26-17(24)20-14(15(21)22)12-27-10-9-19-16(23)25-11-13-7-5-4-6-8-13/h4-8,14H,9-12H2,1-3H3,(H,19,23)(H,20,24)(H,21,22). The van der Waals surface area contributed by atoms with Crippen LogP contribution in [0.25, 0.3) is 0 Å². The number of carboxylic acids is 1. The van der Waals surface area contributed by atoms with Gasteiger partial charge >= 0.3 is 18.2 Å². The Kier molecular flexibility index (Phi) is 9.49. The predicted molar refractivity (Wildman–Crippen MR) is 103 cm³/mol. The molecule has 1 unspecified atom stereocenters. The van der Waals surface area contributed by atoms with Gasteiger partial charge in [0.2, 0.25) is 0 Å². The Balaban J connectivity index is 2.21. The third kappa shape index (κ3) is 11.0.